The van der Waals surface area contributed by atoms with Gasteiger partial charge in [-0.05, 0) is 80.0 Å². The van der Waals surface area contributed by atoms with E-state index in [0.29, 0.717) is 10.9 Å². The van der Waals surface area contributed by atoms with E-state index in [9.17, 15) is 4.79 Å². The molecule has 1 aromatic heterocycles. The van der Waals surface area contributed by atoms with Gasteiger partial charge in [-0.3, -0.25) is 4.79 Å². The van der Waals surface area contributed by atoms with Crippen LogP contribution in [0.2, 0.25) is 5.02 Å². The predicted molar refractivity (Wildman–Crippen MR) is 118 cm³/mol. The second kappa shape index (κ2) is 7.55. The zero-order chi connectivity index (χ0) is 20.7. The molecular formula is C24H24ClN3O2. The molecule has 3 aromatic rings. The van der Waals surface area contributed by atoms with Gasteiger partial charge in [-0.2, -0.15) is 0 Å². The molecule has 0 saturated heterocycles. The lowest BCUT2D eigenvalue weighted by Gasteiger charge is -2.29. The van der Waals surface area contributed by atoms with Crippen LogP contribution in [0.4, 0.5) is 5.69 Å². The minimum Gasteiger partial charge on any atom is -0.497 e. The van der Waals surface area contributed by atoms with Gasteiger partial charge in [-0.1, -0.05) is 11.6 Å². The highest BCUT2D eigenvalue weighted by molar-refractivity contribution is 6.30. The smallest absolute Gasteiger partial charge is 0.228 e. The van der Waals surface area contributed by atoms with Crippen LogP contribution in [0.15, 0.2) is 48.8 Å². The summed E-state index contributed by atoms with van der Waals surface area (Å²) in [5, 5.41) is 4.80. The highest BCUT2D eigenvalue weighted by Crippen LogP contribution is 2.63. The van der Waals surface area contributed by atoms with Crippen LogP contribution in [0.1, 0.15) is 43.7 Å². The summed E-state index contributed by atoms with van der Waals surface area (Å²) in [5.74, 6) is 1.46. The van der Waals surface area contributed by atoms with Crippen LogP contribution in [0.5, 0.6) is 5.75 Å². The Kier molecular flexibility index (Phi) is 4.86. The first-order valence-corrected chi connectivity index (χ1v) is 10.8. The molecule has 1 N–H and O–H groups in total. The summed E-state index contributed by atoms with van der Waals surface area (Å²) in [6.07, 6.45) is 6.87. The molecular weight excluding hydrogens is 398 g/mol. The van der Waals surface area contributed by atoms with E-state index in [1.807, 2.05) is 30.3 Å². The molecule has 1 spiro atoms. The average Bonchev–Trinajstić information content (AvgIpc) is 3.48. The largest absolute Gasteiger partial charge is 0.497 e. The molecule has 0 radical (unpaired) electrons. The number of amides is 1. The minimum absolute atomic E-state index is 0.108. The van der Waals surface area contributed by atoms with Gasteiger partial charge in [0, 0.05) is 27.9 Å². The van der Waals surface area contributed by atoms with E-state index >= 15 is 0 Å². The monoisotopic (exact) mass is 421 g/mol. The van der Waals surface area contributed by atoms with Crippen molar-refractivity contribution < 1.29 is 9.53 Å². The number of anilines is 1. The fraction of sp³-hybridized carbons (Fsp3) is 0.375. The van der Waals surface area contributed by atoms with Crippen LogP contribution in [0.25, 0.3) is 10.9 Å². The summed E-state index contributed by atoms with van der Waals surface area (Å²) in [7, 11) is 1.68. The van der Waals surface area contributed by atoms with Crippen LogP contribution >= 0.6 is 11.6 Å². The lowest BCUT2D eigenvalue weighted by Crippen LogP contribution is -2.23. The van der Waals surface area contributed by atoms with Crippen molar-refractivity contribution in [2.75, 3.05) is 12.4 Å². The number of hydrogen-bond acceptors (Lipinski definition) is 4. The van der Waals surface area contributed by atoms with Crippen LogP contribution in [0, 0.1) is 11.3 Å². The standard InChI is InChI=1S/C24H24ClN3O2/c1-30-18-6-7-21-19(12-18)22(27-14-26-21)15-8-10-24(11-9-15)13-20(24)23(29)28-17-4-2-16(25)3-5-17/h2-7,12,14-15,20H,8-11,13H2,1H3,(H,28,29)/t15?,20-,24?/m1/s1. The van der Waals surface area contributed by atoms with Crippen LogP contribution in [-0.4, -0.2) is 23.0 Å². The number of fused-ring (bicyclic) bond motifs is 1. The zero-order valence-corrected chi connectivity index (χ0v) is 17.7. The second-order valence-electron chi connectivity index (χ2n) is 8.53. The van der Waals surface area contributed by atoms with Crippen molar-refractivity contribution in [1.82, 2.24) is 9.97 Å². The number of hydrogen-bond donors (Lipinski definition) is 1. The fourth-order valence-electron chi connectivity index (χ4n) is 5.01. The molecule has 6 heteroatoms. The van der Waals surface area contributed by atoms with Crippen LogP contribution in [0.3, 0.4) is 0 Å². The first-order valence-electron chi connectivity index (χ1n) is 10.4. The number of aromatic nitrogens is 2. The quantitative estimate of drug-likeness (QED) is 0.596. The normalized spacial score (nSPS) is 25.3. The fourth-order valence-corrected chi connectivity index (χ4v) is 5.13. The highest BCUT2D eigenvalue weighted by Gasteiger charge is 2.58. The molecule has 1 amide bonds. The lowest BCUT2D eigenvalue weighted by atomic mass is 9.76. The number of rotatable bonds is 4. The van der Waals surface area contributed by atoms with Gasteiger partial charge in [-0.25, -0.2) is 9.97 Å². The molecule has 1 atom stereocenters. The van der Waals surface area contributed by atoms with Crippen molar-refractivity contribution in [1.29, 1.82) is 0 Å². The van der Waals surface area contributed by atoms with E-state index in [0.717, 1.165) is 60.1 Å². The number of ether oxygens (including phenoxy) is 1. The average molecular weight is 422 g/mol. The number of nitrogens with zero attached hydrogens (tertiary/aromatic N) is 2. The summed E-state index contributed by atoms with van der Waals surface area (Å²) in [6, 6.07) is 13.2. The lowest BCUT2D eigenvalue weighted by molar-refractivity contribution is -0.118. The summed E-state index contributed by atoms with van der Waals surface area (Å²) in [4.78, 5) is 21.8. The first kappa shape index (κ1) is 19.3. The molecule has 2 saturated carbocycles. The van der Waals surface area contributed by atoms with E-state index < -0.39 is 0 Å². The summed E-state index contributed by atoms with van der Waals surface area (Å²) < 4.78 is 5.40. The minimum atomic E-state index is 0.108. The molecule has 0 unspecified atom stereocenters. The van der Waals surface area contributed by atoms with E-state index in [2.05, 4.69) is 15.3 Å². The van der Waals surface area contributed by atoms with E-state index in [-0.39, 0.29) is 17.2 Å². The highest BCUT2D eigenvalue weighted by atomic mass is 35.5. The Morgan fingerprint density at radius 2 is 1.90 bits per heavy atom. The van der Waals surface area contributed by atoms with E-state index in [1.165, 1.54) is 0 Å². The number of methoxy groups -OCH3 is 1. The number of benzene rings is 2. The maximum Gasteiger partial charge on any atom is 0.228 e. The predicted octanol–water partition coefficient (Wildman–Crippen LogP) is 5.59. The number of halogens is 1. The Labute approximate surface area is 180 Å². The van der Waals surface area contributed by atoms with Gasteiger partial charge in [0.15, 0.2) is 0 Å². The summed E-state index contributed by atoms with van der Waals surface area (Å²) in [6.45, 7) is 0. The van der Waals surface area contributed by atoms with E-state index in [1.54, 1.807) is 25.6 Å². The van der Waals surface area contributed by atoms with Gasteiger partial charge >= 0.3 is 0 Å². The van der Waals surface area contributed by atoms with Crippen LogP contribution < -0.4 is 10.1 Å². The summed E-state index contributed by atoms with van der Waals surface area (Å²) >= 11 is 5.93. The van der Waals surface area contributed by atoms with Crippen molar-refractivity contribution in [3.63, 3.8) is 0 Å². The van der Waals surface area contributed by atoms with Crippen LogP contribution in [-0.2, 0) is 4.79 Å². The van der Waals surface area contributed by atoms with Crippen molar-refractivity contribution in [2.45, 2.75) is 38.0 Å². The second-order valence-corrected chi connectivity index (χ2v) is 8.97. The third-order valence-corrected chi connectivity index (χ3v) is 7.11. The van der Waals surface area contributed by atoms with Gasteiger partial charge < -0.3 is 10.1 Å². The molecule has 2 fully saturated rings. The Morgan fingerprint density at radius 1 is 1.13 bits per heavy atom. The van der Waals surface area contributed by atoms with Crippen molar-refractivity contribution in [3.8, 4) is 5.75 Å². The Bertz CT molecular complexity index is 1090. The van der Waals surface area contributed by atoms with Gasteiger partial charge in [-0.15, -0.1) is 0 Å². The SMILES string of the molecule is COc1ccc2ncnc(C3CCC4(CC3)C[C@@H]4C(=O)Nc3ccc(Cl)cc3)c2c1. The van der Waals surface area contributed by atoms with Gasteiger partial charge in [0.2, 0.25) is 5.91 Å². The molecule has 2 aromatic carbocycles. The Hall–Kier alpha value is -2.66. The molecule has 154 valence electrons. The number of nitrogens with one attached hydrogen (secondary N) is 1. The molecule has 5 nitrogen and oxygen atoms in total. The van der Waals surface area contributed by atoms with Crippen molar-refractivity contribution in [2.24, 2.45) is 11.3 Å². The van der Waals surface area contributed by atoms with Crippen molar-refractivity contribution in [3.05, 3.63) is 59.5 Å². The third kappa shape index (κ3) is 3.52. The Balaban J connectivity index is 1.27. The Morgan fingerprint density at radius 3 is 2.63 bits per heavy atom. The molecule has 0 bridgehead atoms. The van der Waals surface area contributed by atoms with Crippen molar-refractivity contribution >= 4 is 34.1 Å². The number of carbonyl (C=O) groups is 1. The topological polar surface area (TPSA) is 64.1 Å². The molecule has 30 heavy (non-hydrogen) atoms. The van der Waals surface area contributed by atoms with E-state index in [4.69, 9.17) is 16.3 Å². The maximum atomic E-state index is 12.8. The molecule has 0 aliphatic heterocycles. The summed E-state index contributed by atoms with van der Waals surface area (Å²) in [5.41, 5.74) is 3.03. The molecule has 5 rings (SSSR count). The molecule has 2 aliphatic rings. The molecule has 2 aliphatic carbocycles. The zero-order valence-electron chi connectivity index (χ0n) is 16.9. The molecule has 1 heterocycles. The first-order chi connectivity index (χ1) is 14.6. The van der Waals surface area contributed by atoms with Gasteiger partial charge in [0.25, 0.3) is 0 Å². The van der Waals surface area contributed by atoms with Gasteiger partial charge in [0.1, 0.15) is 12.1 Å². The third-order valence-electron chi connectivity index (χ3n) is 6.86. The van der Waals surface area contributed by atoms with Gasteiger partial charge in [0.05, 0.1) is 18.3 Å². The maximum absolute atomic E-state index is 12.8. The number of carbonyl (C=O) groups excluding carboxylic acids is 1.